The highest BCUT2D eigenvalue weighted by molar-refractivity contribution is 7.80. The molecular weight excluding hydrogens is 236 g/mol. The molecule has 2 rings (SSSR count). The standard InChI is InChI=1S/C12H22N2O2S/c1-2-14(8-11(13)17)10-3-5-16-12(7-10)4-6-15-9-12/h10H,2-9H2,1H3,(H2,13,17). The highest BCUT2D eigenvalue weighted by Gasteiger charge is 2.42. The maximum Gasteiger partial charge on any atom is 0.0951 e. The van der Waals surface area contributed by atoms with Gasteiger partial charge in [0.05, 0.1) is 17.2 Å². The first-order chi connectivity index (χ1) is 8.15. The van der Waals surface area contributed by atoms with Crippen LogP contribution in [-0.4, -0.2) is 54.4 Å². The van der Waals surface area contributed by atoms with E-state index in [1.54, 1.807) is 0 Å². The first-order valence-corrected chi connectivity index (χ1v) is 6.80. The third-order valence-electron chi connectivity index (χ3n) is 3.82. The van der Waals surface area contributed by atoms with Crippen LogP contribution in [0.25, 0.3) is 0 Å². The van der Waals surface area contributed by atoms with Crippen LogP contribution in [0.5, 0.6) is 0 Å². The molecule has 0 saturated carbocycles. The molecule has 2 saturated heterocycles. The van der Waals surface area contributed by atoms with Crippen LogP contribution in [0.2, 0.25) is 0 Å². The predicted octanol–water partition coefficient (Wildman–Crippen LogP) is 0.933. The summed E-state index contributed by atoms with van der Waals surface area (Å²) in [5.74, 6) is 0. The van der Waals surface area contributed by atoms with Crippen molar-refractivity contribution < 1.29 is 9.47 Å². The van der Waals surface area contributed by atoms with Gasteiger partial charge in [-0.15, -0.1) is 0 Å². The fourth-order valence-electron chi connectivity index (χ4n) is 2.88. The lowest BCUT2D eigenvalue weighted by Gasteiger charge is -2.41. The predicted molar refractivity (Wildman–Crippen MR) is 71.2 cm³/mol. The quantitative estimate of drug-likeness (QED) is 0.760. The van der Waals surface area contributed by atoms with Crippen molar-refractivity contribution in [3.05, 3.63) is 0 Å². The number of likely N-dealkylation sites (N-methyl/N-ethyl adjacent to an activating group) is 1. The Labute approximate surface area is 108 Å². The number of hydrogen-bond donors (Lipinski definition) is 1. The fraction of sp³-hybridized carbons (Fsp3) is 0.917. The minimum Gasteiger partial charge on any atom is -0.392 e. The minimum atomic E-state index is -0.0352. The van der Waals surface area contributed by atoms with Crippen molar-refractivity contribution in [2.24, 2.45) is 5.73 Å². The number of thiocarbonyl (C=S) groups is 1. The fourth-order valence-corrected chi connectivity index (χ4v) is 3.04. The van der Waals surface area contributed by atoms with Crippen molar-refractivity contribution in [2.75, 3.05) is 32.9 Å². The molecular formula is C12H22N2O2S. The summed E-state index contributed by atoms with van der Waals surface area (Å²) in [7, 11) is 0. The molecule has 1 spiro atoms. The van der Waals surface area contributed by atoms with Gasteiger partial charge < -0.3 is 15.2 Å². The van der Waals surface area contributed by atoms with E-state index in [1.807, 2.05) is 0 Å². The normalized spacial score (nSPS) is 33.4. The van der Waals surface area contributed by atoms with Crippen molar-refractivity contribution in [2.45, 2.75) is 37.8 Å². The summed E-state index contributed by atoms with van der Waals surface area (Å²) in [6, 6.07) is 0.525. The van der Waals surface area contributed by atoms with Gasteiger partial charge in [-0.05, 0) is 19.4 Å². The maximum absolute atomic E-state index is 5.94. The van der Waals surface area contributed by atoms with E-state index in [0.29, 0.717) is 17.6 Å². The summed E-state index contributed by atoms with van der Waals surface area (Å²) in [6.07, 6.45) is 3.13. The highest BCUT2D eigenvalue weighted by atomic mass is 32.1. The van der Waals surface area contributed by atoms with Crippen molar-refractivity contribution in [1.82, 2.24) is 4.90 Å². The van der Waals surface area contributed by atoms with Crippen molar-refractivity contribution in [3.8, 4) is 0 Å². The van der Waals surface area contributed by atoms with E-state index < -0.39 is 0 Å². The van der Waals surface area contributed by atoms with Gasteiger partial charge in [0.25, 0.3) is 0 Å². The largest absolute Gasteiger partial charge is 0.392 e. The van der Waals surface area contributed by atoms with E-state index in [1.165, 1.54) is 0 Å². The average Bonchev–Trinajstić information content (AvgIpc) is 2.74. The van der Waals surface area contributed by atoms with Gasteiger partial charge in [0, 0.05) is 32.2 Å². The number of hydrogen-bond acceptors (Lipinski definition) is 4. The molecule has 0 aliphatic carbocycles. The second-order valence-corrected chi connectivity index (χ2v) is 5.53. The Morgan fingerprint density at radius 2 is 2.35 bits per heavy atom. The molecule has 2 N–H and O–H groups in total. The number of nitrogens with zero attached hydrogens (tertiary/aromatic N) is 1. The van der Waals surface area contributed by atoms with Gasteiger partial charge in [-0.1, -0.05) is 19.1 Å². The zero-order chi connectivity index (χ0) is 12.3. The van der Waals surface area contributed by atoms with Gasteiger partial charge in [-0.25, -0.2) is 0 Å². The van der Waals surface area contributed by atoms with E-state index in [-0.39, 0.29) is 5.60 Å². The Balaban J connectivity index is 1.97. The van der Waals surface area contributed by atoms with E-state index in [2.05, 4.69) is 11.8 Å². The molecule has 0 aromatic heterocycles. The molecule has 0 aromatic rings. The summed E-state index contributed by atoms with van der Waals surface area (Å²) in [5.41, 5.74) is 5.62. The molecule has 2 aliphatic rings. The lowest BCUT2D eigenvalue weighted by Crippen LogP contribution is -2.50. The van der Waals surface area contributed by atoms with Gasteiger partial charge in [-0.2, -0.15) is 0 Å². The van der Waals surface area contributed by atoms with Crippen LogP contribution in [0.1, 0.15) is 26.2 Å². The monoisotopic (exact) mass is 258 g/mol. The van der Waals surface area contributed by atoms with Gasteiger partial charge in [-0.3, -0.25) is 4.90 Å². The molecule has 17 heavy (non-hydrogen) atoms. The van der Waals surface area contributed by atoms with Gasteiger partial charge in [0.15, 0.2) is 0 Å². The molecule has 0 radical (unpaired) electrons. The summed E-state index contributed by atoms with van der Waals surface area (Å²) >= 11 is 5.01. The zero-order valence-corrected chi connectivity index (χ0v) is 11.3. The lowest BCUT2D eigenvalue weighted by atomic mass is 9.89. The number of ether oxygens (including phenoxy) is 2. The number of nitrogens with two attached hydrogens (primary N) is 1. The molecule has 2 aliphatic heterocycles. The molecule has 2 unspecified atom stereocenters. The molecule has 2 atom stereocenters. The summed E-state index contributed by atoms with van der Waals surface area (Å²) in [6.45, 7) is 6.25. The van der Waals surface area contributed by atoms with Crippen molar-refractivity contribution in [1.29, 1.82) is 0 Å². The lowest BCUT2D eigenvalue weighted by molar-refractivity contribution is -0.104. The second kappa shape index (κ2) is 5.61. The van der Waals surface area contributed by atoms with Crippen LogP contribution >= 0.6 is 12.2 Å². The Morgan fingerprint density at radius 3 is 2.94 bits per heavy atom. The van der Waals surface area contributed by atoms with E-state index >= 15 is 0 Å². The molecule has 4 nitrogen and oxygen atoms in total. The topological polar surface area (TPSA) is 47.7 Å². The third-order valence-corrected chi connectivity index (χ3v) is 3.94. The molecule has 0 aromatic carbocycles. The van der Waals surface area contributed by atoms with Crippen LogP contribution in [0.4, 0.5) is 0 Å². The van der Waals surface area contributed by atoms with Crippen molar-refractivity contribution >= 4 is 17.2 Å². The minimum absolute atomic E-state index is 0.0352. The summed E-state index contributed by atoms with van der Waals surface area (Å²) < 4.78 is 11.4. The van der Waals surface area contributed by atoms with Crippen LogP contribution in [0, 0.1) is 0 Å². The first-order valence-electron chi connectivity index (χ1n) is 6.39. The van der Waals surface area contributed by atoms with E-state index in [4.69, 9.17) is 27.4 Å². The molecule has 98 valence electrons. The first kappa shape index (κ1) is 13.2. The Hall–Kier alpha value is -0.230. The molecule has 2 heterocycles. The number of rotatable bonds is 4. The van der Waals surface area contributed by atoms with Crippen LogP contribution in [0.3, 0.4) is 0 Å². The Kier molecular flexibility index (Phi) is 4.36. The van der Waals surface area contributed by atoms with Gasteiger partial charge in [0.1, 0.15) is 0 Å². The molecule has 0 bridgehead atoms. The molecule has 0 amide bonds. The van der Waals surface area contributed by atoms with E-state index in [0.717, 1.165) is 45.6 Å². The summed E-state index contributed by atoms with van der Waals surface area (Å²) in [4.78, 5) is 2.94. The molecule has 5 heteroatoms. The smallest absolute Gasteiger partial charge is 0.0951 e. The second-order valence-electron chi connectivity index (χ2n) is 5.01. The van der Waals surface area contributed by atoms with Crippen LogP contribution in [-0.2, 0) is 9.47 Å². The SMILES string of the molecule is CCN(CC(N)=S)C1CCOC2(CCOC2)C1. The van der Waals surface area contributed by atoms with Gasteiger partial charge >= 0.3 is 0 Å². The van der Waals surface area contributed by atoms with Crippen LogP contribution < -0.4 is 5.73 Å². The Morgan fingerprint density at radius 1 is 1.53 bits per heavy atom. The Bertz CT molecular complexity index is 280. The van der Waals surface area contributed by atoms with E-state index in [9.17, 15) is 0 Å². The van der Waals surface area contributed by atoms with Crippen molar-refractivity contribution in [3.63, 3.8) is 0 Å². The van der Waals surface area contributed by atoms with Crippen LogP contribution in [0.15, 0.2) is 0 Å². The third kappa shape index (κ3) is 3.16. The summed E-state index contributed by atoms with van der Waals surface area (Å²) in [5, 5.41) is 0. The van der Waals surface area contributed by atoms with Gasteiger partial charge in [0.2, 0.25) is 0 Å². The maximum atomic E-state index is 5.94. The highest BCUT2D eigenvalue weighted by Crippen LogP contribution is 2.34. The zero-order valence-electron chi connectivity index (χ0n) is 10.5. The average molecular weight is 258 g/mol. The molecule has 2 fully saturated rings.